The number of hydrogen-bond acceptors (Lipinski definition) is 3. The Bertz CT molecular complexity index is 6030. The van der Waals surface area contributed by atoms with Crippen LogP contribution in [-0.4, -0.2) is 0 Å². The maximum absolute atomic E-state index is 2.60. The predicted octanol–water partition coefficient (Wildman–Crippen LogP) is 39.0. The second-order valence-electron chi connectivity index (χ2n) is 40.9. The third-order valence-electron chi connectivity index (χ3n) is 30.1. The van der Waals surface area contributed by atoms with Crippen LogP contribution < -0.4 is 14.7 Å². The summed E-state index contributed by atoms with van der Waals surface area (Å²) in [5.41, 5.74) is 51.3. The van der Waals surface area contributed by atoms with E-state index in [1.165, 1.54) is 372 Å². The minimum Gasteiger partial charge on any atom is -0.310 e. The van der Waals surface area contributed by atoms with Gasteiger partial charge >= 0.3 is 0 Å². The summed E-state index contributed by atoms with van der Waals surface area (Å²) in [7, 11) is 0. The van der Waals surface area contributed by atoms with E-state index in [1.54, 1.807) is 0 Å². The maximum atomic E-state index is 2.60. The van der Waals surface area contributed by atoms with Crippen molar-refractivity contribution in [2.24, 2.45) is 0 Å². The molecule has 0 heterocycles. The average molecular weight is 1800 g/mol. The van der Waals surface area contributed by atoms with Crippen LogP contribution in [0.1, 0.15) is 291 Å². The molecule has 0 saturated carbocycles. The van der Waals surface area contributed by atoms with Gasteiger partial charge in [0.1, 0.15) is 0 Å². The van der Waals surface area contributed by atoms with E-state index in [9.17, 15) is 0 Å². The van der Waals surface area contributed by atoms with Crippen molar-refractivity contribution in [1.82, 2.24) is 0 Å². The Kier molecular flexibility index (Phi) is 32.3. The molecule has 137 heavy (non-hydrogen) atoms. The number of benzene rings is 15. The maximum Gasteiger partial charge on any atom is 0.0714 e. The Morgan fingerprint density at radius 1 is 0.212 bits per heavy atom. The summed E-state index contributed by atoms with van der Waals surface area (Å²) in [5, 5.41) is 0. The van der Waals surface area contributed by atoms with Crippen LogP contribution in [0.2, 0.25) is 0 Å². The van der Waals surface area contributed by atoms with Crippen LogP contribution in [-0.2, 0) is 36.5 Å². The van der Waals surface area contributed by atoms with Gasteiger partial charge < -0.3 is 14.7 Å². The van der Waals surface area contributed by atoms with E-state index < -0.39 is 5.41 Å². The fourth-order valence-corrected chi connectivity index (χ4v) is 22.7. The van der Waals surface area contributed by atoms with E-state index in [4.69, 9.17) is 0 Å². The van der Waals surface area contributed by atoms with Crippen molar-refractivity contribution in [1.29, 1.82) is 0 Å². The number of unbranched alkanes of at least 4 members (excludes halogenated alkanes) is 16. The van der Waals surface area contributed by atoms with E-state index in [-0.39, 0.29) is 5.41 Å². The first-order valence-electron chi connectivity index (χ1n) is 52.5. The van der Waals surface area contributed by atoms with E-state index in [2.05, 4.69) is 435 Å². The zero-order valence-corrected chi connectivity index (χ0v) is 85.7. The van der Waals surface area contributed by atoms with Crippen LogP contribution in [0.25, 0.3) is 44.5 Å². The molecule has 15 aromatic rings. The fraction of sp³-hybridized carbons (Fsp3) is 0.328. The van der Waals surface area contributed by atoms with Gasteiger partial charge in [-0.05, 0) is 378 Å². The molecule has 0 atom stereocenters. The summed E-state index contributed by atoms with van der Waals surface area (Å²) in [4.78, 5) is 7.30. The van der Waals surface area contributed by atoms with Gasteiger partial charge in [0, 0.05) is 56.6 Å². The Labute approximate surface area is 825 Å². The normalized spacial score (nSPS) is 12.7. The van der Waals surface area contributed by atoms with Crippen LogP contribution in [0, 0.1) is 83.1 Å². The first-order valence-corrected chi connectivity index (χ1v) is 52.5. The van der Waals surface area contributed by atoms with Crippen molar-refractivity contribution < 1.29 is 0 Å². The molecule has 0 unspecified atom stereocenters. The summed E-state index contributed by atoms with van der Waals surface area (Å²) in [6.07, 6.45) is 33.0. The first-order chi connectivity index (χ1) is 66.7. The van der Waals surface area contributed by atoms with Gasteiger partial charge in [-0.1, -0.05) is 376 Å². The zero-order chi connectivity index (χ0) is 95.7. The van der Waals surface area contributed by atoms with Crippen molar-refractivity contribution in [2.45, 2.75) is 289 Å². The Hall–Kier alpha value is -12.3. The smallest absolute Gasteiger partial charge is 0.0714 e. The molecule has 0 N–H and O–H groups in total. The van der Waals surface area contributed by atoms with Crippen LogP contribution in [0.15, 0.2) is 309 Å². The van der Waals surface area contributed by atoms with Crippen molar-refractivity contribution in [3.8, 4) is 44.5 Å². The lowest BCUT2D eigenvalue weighted by Gasteiger charge is -2.35. The highest BCUT2D eigenvalue weighted by Gasteiger charge is 2.48. The molecule has 3 aliphatic rings. The monoisotopic (exact) mass is 1800 g/mol. The van der Waals surface area contributed by atoms with Crippen molar-refractivity contribution in [2.75, 3.05) is 14.7 Å². The van der Waals surface area contributed by atoms with Gasteiger partial charge in [0.25, 0.3) is 0 Å². The summed E-state index contributed by atoms with van der Waals surface area (Å²) in [5.74, 6) is 0. The average Bonchev–Trinajstić information content (AvgIpc) is 1.53. The molecule has 0 saturated heterocycles. The van der Waals surface area contributed by atoms with Gasteiger partial charge in [0.15, 0.2) is 0 Å². The van der Waals surface area contributed by atoms with E-state index in [0.29, 0.717) is 0 Å². The van der Waals surface area contributed by atoms with Crippen molar-refractivity contribution in [3.63, 3.8) is 0 Å². The molecule has 18 rings (SSSR count). The molecule has 0 aliphatic heterocycles. The van der Waals surface area contributed by atoms with Crippen molar-refractivity contribution >= 4 is 51.2 Å². The third kappa shape index (κ3) is 22.1. The van der Waals surface area contributed by atoms with E-state index >= 15 is 0 Å². The molecule has 702 valence electrons. The predicted molar refractivity (Wildman–Crippen MR) is 594 cm³/mol. The molecular formula is C134H151N3. The Morgan fingerprint density at radius 3 is 0.774 bits per heavy atom. The largest absolute Gasteiger partial charge is 0.310 e. The number of hydrogen-bond donors (Lipinski definition) is 0. The van der Waals surface area contributed by atoms with Crippen LogP contribution in [0.5, 0.6) is 0 Å². The van der Waals surface area contributed by atoms with Gasteiger partial charge in [-0.25, -0.2) is 0 Å². The minimum atomic E-state index is -0.475. The molecule has 3 nitrogen and oxygen atoms in total. The molecule has 0 radical (unpaired) electrons. The molecule has 15 aromatic carbocycles. The van der Waals surface area contributed by atoms with Crippen LogP contribution in [0.4, 0.5) is 51.2 Å². The fourth-order valence-electron chi connectivity index (χ4n) is 22.7. The summed E-state index contributed by atoms with van der Waals surface area (Å²) >= 11 is 0. The van der Waals surface area contributed by atoms with E-state index in [0.717, 1.165) is 12.8 Å². The Balaban J connectivity index is 0.000000161. The molecule has 0 spiro atoms. The highest BCUT2D eigenvalue weighted by molar-refractivity contribution is 5.93. The second kappa shape index (κ2) is 45.3. The minimum absolute atomic E-state index is 0.0787. The van der Waals surface area contributed by atoms with E-state index in [1.807, 2.05) is 0 Å². The second-order valence-corrected chi connectivity index (χ2v) is 40.9. The van der Waals surface area contributed by atoms with Crippen LogP contribution in [0.3, 0.4) is 0 Å². The molecule has 3 heteroatoms. The number of nitrogens with zero attached hydrogens (tertiary/aromatic N) is 3. The Morgan fingerprint density at radius 2 is 0.474 bits per heavy atom. The van der Waals surface area contributed by atoms with Gasteiger partial charge in [-0.3, -0.25) is 0 Å². The molecule has 0 fully saturated rings. The lowest BCUT2D eigenvalue weighted by Crippen LogP contribution is -2.29. The van der Waals surface area contributed by atoms with Gasteiger partial charge in [-0.2, -0.15) is 0 Å². The van der Waals surface area contributed by atoms with Gasteiger partial charge in [0.05, 0.1) is 5.41 Å². The number of anilines is 9. The lowest BCUT2D eigenvalue weighted by atomic mass is 9.66. The molecule has 0 amide bonds. The molecular weight excluding hydrogens is 1650 g/mol. The number of rotatable bonds is 37. The highest BCUT2D eigenvalue weighted by atomic mass is 15.2. The summed E-state index contributed by atoms with van der Waals surface area (Å²) in [6, 6.07) is 119. The van der Waals surface area contributed by atoms with Crippen molar-refractivity contribution in [3.05, 3.63) is 432 Å². The van der Waals surface area contributed by atoms with Crippen LogP contribution >= 0.6 is 0 Å². The quantitative estimate of drug-likeness (QED) is 0.0359. The van der Waals surface area contributed by atoms with Gasteiger partial charge in [-0.15, -0.1) is 0 Å². The summed E-state index contributed by atoms with van der Waals surface area (Å²) in [6.45, 7) is 35.8. The third-order valence-corrected chi connectivity index (χ3v) is 30.1. The zero-order valence-electron chi connectivity index (χ0n) is 85.7. The first kappa shape index (κ1) is 97.8. The molecule has 0 aromatic heterocycles. The number of aryl methyl sites for hydroxylation is 16. The molecule has 0 bridgehead atoms. The number of fused-ring (bicyclic) bond motifs is 7. The lowest BCUT2D eigenvalue weighted by molar-refractivity contribution is 0.398. The summed E-state index contributed by atoms with van der Waals surface area (Å²) < 4.78 is 0. The SMILES string of the molecule is CCCCCCCCC1(CCCCCCCC)c2cc(N(c3ccc(C)cc3)c3ccc(C)cc3)ccc2-c2ccc(N(c3ccc(C)cc3)c3ccc(C)cc3)cc21.CCCCCCc1ccc(C2(c3ccc(CCCCCC)cc3)c3cc(-c4c(C)cc(C)cc4C)ccc3-c3ccc(-c4c(C)cc(C)cc4C)cc32)cc1.Cc1ccc(N(c2ccc(C)cc2)c2ccc3c(c2)CC3)cc1. The van der Waals surface area contributed by atoms with Gasteiger partial charge in [0.2, 0.25) is 0 Å². The highest BCUT2D eigenvalue weighted by Crippen LogP contribution is 2.60. The standard InChI is InChI=1S/C57H68N2.C55H62.C22H21N/c1-7-9-11-13-15-17-39-57(40-18-16-14-12-10-8-2)55-41-51(58(47-27-19-43(3)20-28-47)48-29-21-44(4)22-30-48)35-37-53(55)54-38-36-52(42-56(54)57)59(49-31-23-45(5)24-32-49)50-33-25-46(6)26-34-50;1-9-11-13-15-17-43-19-25-47(26-20-43)55(48-27-21-44(22-28-48)18-16-14-12-10-2)51-35-45(53-39(5)31-37(3)32-40(53)6)23-29-49(51)50-30-24-46(36-52(50)55)54-41(7)33-38(4)34-42(54)8;1-16-3-10-20(11-4-16)23(21-12-5-17(2)6-13-21)22-14-9-18-7-8-19(18)15-22/h19-38,41-42H,7-18,39-40H2,1-6H3;19-36H,9-18H2,1-8H3;3-6,9-15H,7-8H2,1-2H3. The molecule has 3 aliphatic carbocycles. The topological polar surface area (TPSA) is 9.72 Å².